The third-order valence-corrected chi connectivity index (χ3v) is 2.45. The van der Waals surface area contributed by atoms with E-state index in [2.05, 4.69) is 4.98 Å². The van der Waals surface area contributed by atoms with Crippen molar-refractivity contribution in [2.24, 2.45) is 7.05 Å². The van der Waals surface area contributed by atoms with Crippen LogP contribution in [0.25, 0.3) is 11.4 Å². The molecule has 0 saturated carbocycles. The van der Waals surface area contributed by atoms with Crippen LogP contribution >= 0.6 is 0 Å². The lowest BCUT2D eigenvalue weighted by Gasteiger charge is -2.02. The van der Waals surface area contributed by atoms with Gasteiger partial charge in [0.05, 0.1) is 6.20 Å². The zero-order chi connectivity index (χ0) is 10.8. The summed E-state index contributed by atoms with van der Waals surface area (Å²) in [5.74, 6) is 0.817. The lowest BCUT2D eigenvalue weighted by molar-refractivity contribution is 0.111. The molecule has 2 aromatic rings. The van der Waals surface area contributed by atoms with E-state index in [0.29, 0.717) is 5.69 Å². The van der Waals surface area contributed by atoms with Gasteiger partial charge in [0.25, 0.3) is 0 Å². The summed E-state index contributed by atoms with van der Waals surface area (Å²) < 4.78 is 1.79. The number of aryl methyl sites for hydroxylation is 1. The van der Waals surface area contributed by atoms with Crippen molar-refractivity contribution in [1.29, 1.82) is 0 Å². The lowest BCUT2D eigenvalue weighted by atomic mass is 10.1. The summed E-state index contributed by atoms with van der Waals surface area (Å²) in [5.41, 5.74) is 2.82. The minimum absolute atomic E-state index is 0.588. The third-order valence-electron chi connectivity index (χ3n) is 2.45. The summed E-state index contributed by atoms with van der Waals surface area (Å²) in [7, 11) is 1.84. The standard InChI is InChI=1S/C12H12N2O/c1-9-3-5-10(6-4-9)12-13-7-11(8-15)14(12)2/h3-8H,1-2H3. The lowest BCUT2D eigenvalue weighted by Crippen LogP contribution is -1.97. The average Bonchev–Trinajstić information content (AvgIpc) is 2.61. The van der Waals surface area contributed by atoms with E-state index in [-0.39, 0.29) is 0 Å². The smallest absolute Gasteiger partial charge is 0.168 e. The molecule has 0 aliphatic carbocycles. The molecule has 0 spiro atoms. The number of hydrogen-bond acceptors (Lipinski definition) is 2. The molecule has 2 rings (SSSR count). The van der Waals surface area contributed by atoms with Gasteiger partial charge in [0.1, 0.15) is 11.5 Å². The van der Waals surface area contributed by atoms with Gasteiger partial charge in [-0.15, -0.1) is 0 Å². The molecule has 0 bridgehead atoms. The molecule has 76 valence electrons. The fourth-order valence-corrected chi connectivity index (χ4v) is 1.50. The van der Waals surface area contributed by atoms with E-state index >= 15 is 0 Å². The fourth-order valence-electron chi connectivity index (χ4n) is 1.50. The maximum atomic E-state index is 10.7. The molecular weight excluding hydrogens is 188 g/mol. The normalized spacial score (nSPS) is 10.3. The predicted octanol–water partition coefficient (Wildman–Crippen LogP) is 2.21. The first-order valence-corrected chi connectivity index (χ1v) is 4.76. The van der Waals surface area contributed by atoms with E-state index in [1.165, 1.54) is 5.56 Å². The first kappa shape index (κ1) is 9.65. The summed E-state index contributed by atoms with van der Waals surface area (Å²) in [6, 6.07) is 8.08. The van der Waals surface area contributed by atoms with Gasteiger partial charge in [-0.25, -0.2) is 4.98 Å². The Labute approximate surface area is 88.4 Å². The summed E-state index contributed by atoms with van der Waals surface area (Å²) in [4.78, 5) is 14.9. The zero-order valence-corrected chi connectivity index (χ0v) is 8.77. The molecule has 0 aliphatic heterocycles. The molecule has 1 aromatic heterocycles. The van der Waals surface area contributed by atoms with E-state index in [1.54, 1.807) is 10.8 Å². The molecule has 0 N–H and O–H groups in total. The monoisotopic (exact) mass is 200 g/mol. The third kappa shape index (κ3) is 1.68. The second-order valence-electron chi connectivity index (χ2n) is 3.55. The van der Waals surface area contributed by atoms with E-state index in [1.807, 2.05) is 38.2 Å². The van der Waals surface area contributed by atoms with Crippen LogP contribution < -0.4 is 0 Å². The fraction of sp³-hybridized carbons (Fsp3) is 0.167. The molecule has 0 unspecified atom stereocenters. The van der Waals surface area contributed by atoms with Gasteiger partial charge in [-0.1, -0.05) is 29.8 Å². The first-order chi connectivity index (χ1) is 7.22. The zero-order valence-electron chi connectivity index (χ0n) is 8.77. The highest BCUT2D eigenvalue weighted by molar-refractivity contribution is 5.74. The number of aromatic nitrogens is 2. The molecule has 1 aromatic carbocycles. The molecule has 3 nitrogen and oxygen atoms in total. The van der Waals surface area contributed by atoms with Crippen molar-refractivity contribution >= 4 is 6.29 Å². The largest absolute Gasteiger partial charge is 0.325 e. The molecule has 0 aliphatic rings. The average molecular weight is 200 g/mol. The van der Waals surface area contributed by atoms with E-state index < -0.39 is 0 Å². The van der Waals surface area contributed by atoms with Crippen molar-refractivity contribution in [1.82, 2.24) is 9.55 Å². The van der Waals surface area contributed by atoms with E-state index in [9.17, 15) is 4.79 Å². The number of carbonyl (C=O) groups excluding carboxylic acids is 1. The van der Waals surface area contributed by atoms with Crippen LogP contribution in [-0.2, 0) is 7.05 Å². The van der Waals surface area contributed by atoms with Gasteiger partial charge >= 0.3 is 0 Å². The van der Waals surface area contributed by atoms with Gasteiger partial charge in [0.15, 0.2) is 6.29 Å². The van der Waals surface area contributed by atoms with Crippen LogP contribution in [0.4, 0.5) is 0 Å². The Balaban J connectivity index is 2.49. The van der Waals surface area contributed by atoms with Crippen molar-refractivity contribution in [2.75, 3.05) is 0 Å². The van der Waals surface area contributed by atoms with Crippen LogP contribution in [0.2, 0.25) is 0 Å². The summed E-state index contributed by atoms with van der Waals surface area (Å²) >= 11 is 0. The van der Waals surface area contributed by atoms with Gasteiger partial charge in [0, 0.05) is 12.6 Å². The molecule has 0 amide bonds. The number of aldehydes is 1. The maximum absolute atomic E-state index is 10.7. The summed E-state index contributed by atoms with van der Waals surface area (Å²) in [6.45, 7) is 2.04. The van der Waals surface area contributed by atoms with Gasteiger partial charge < -0.3 is 4.57 Å². The molecule has 0 radical (unpaired) electrons. The van der Waals surface area contributed by atoms with Crippen molar-refractivity contribution in [3.63, 3.8) is 0 Å². The second kappa shape index (κ2) is 3.69. The van der Waals surface area contributed by atoms with E-state index in [4.69, 9.17) is 0 Å². The van der Waals surface area contributed by atoms with Crippen molar-refractivity contribution in [2.45, 2.75) is 6.92 Å². The van der Waals surface area contributed by atoms with Crippen LogP contribution in [0.1, 0.15) is 16.1 Å². The quantitative estimate of drug-likeness (QED) is 0.696. The Bertz CT molecular complexity index is 483. The second-order valence-corrected chi connectivity index (χ2v) is 3.55. The Kier molecular flexibility index (Phi) is 2.37. The van der Waals surface area contributed by atoms with Crippen molar-refractivity contribution in [3.05, 3.63) is 41.7 Å². The van der Waals surface area contributed by atoms with Crippen LogP contribution in [0, 0.1) is 6.92 Å². The minimum atomic E-state index is 0.588. The molecular formula is C12H12N2O. The molecule has 3 heteroatoms. The molecule has 15 heavy (non-hydrogen) atoms. The maximum Gasteiger partial charge on any atom is 0.168 e. The van der Waals surface area contributed by atoms with Crippen LogP contribution in [0.5, 0.6) is 0 Å². The van der Waals surface area contributed by atoms with Crippen molar-refractivity contribution in [3.8, 4) is 11.4 Å². The van der Waals surface area contributed by atoms with Gasteiger partial charge in [-0.3, -0.25) is 4.79 Å². The first-order valence-electron chi connectivity index (χ1n) is 4.76. The van der Waals surface area contributed by atoms with Gasteiger partial charge in [-0.05, 0) is 6.92 Å². The summed E-state index contributed by atoms with van der Waals surface area (Å²) in [6.07, 6.45) is 2.40. The molecule has 1 heterocycles. The van der Waals surface area contributed by atoms with Gasteiger partial charge in [0.2, 0.25) is 0 Å². The van der Waals surface area contributed by atoms with E-state index in [0.717, 1.165) is 17.7 Å². The molecule has 0 fully saturated rings. The van der Waals surface area contributed by atoms with Crippen LogP contribution in [0.15, 0.2) is 30.5 Å². The number of imidazole rings is 1. The topological polar surface area (TPSA) is 34.9 Å². The Morgan fingerprint density at radius 2 is 1.93 bits per heavy atom. The number of nitrogens with zero attached hydrogens (tertiary/aromatic N) is 2. The number of carbonyl (C=O) groups is 1. The summed E-state index contributed by atoms with van der Waals surface area (Å²) in [5, 5.41) is 0. The van der Waals surface area contributed by atoms with Crippen LogP contribution in [0.3, 0.4) is 0 Å². The van der Waals surface area contributed by atoms with Gasteiger partial charge in [-0.2, -0.15) is 0 Å². The Morgan fingerprint density at radius 1 is 1.27 bits per heavy atom. The minimum Gasteiger partial charge on any atom is -0.325 e. The molecule has 0 saturated heterocycles. The SMILES string of the molecule is Cc1ccc(-c2ncc(C=O)n2C)cc1. The number of hydrogen-bond donors (Lipinski definition) is 0. The number of benzene rings is 1. The number of rotatable bonds is 2. The Morgan fingerprint density at radius 3 is 2.47 bits per heavy atom. The molecule has 0 atom stereocenters. The highest BCUT2D eigenvalue weighted by Crippen LogP contribution is 2.18. The highest BCUT2D eigenvalue weighted by Gasteiger charge is 2.06. The highest BCUT2D eigenvalue weighted by atomic mass is 16.1. The Hall–Kier alpha value is -1.90. The predicted molar refractivity (Wildman–Crippen MR) is 58.8 cm³/mol. The van der Waals surface area contributed by atoms with Crippen LogP contribution in [-0.4, -0.2) is 15.8 Å². The van der Waals surface area contributed by atoms with Crippen molar-refractivity contribution < 1.29 is 4.79 Å².